The lowest BCUT2D eigenvalue weighted by atomic mass is 9.72. The monoisotopic (exact) mass is 213 g/mol. The van der Waals surface area contributed by atoms with Crippen LogP contribution in [0.1, 0.15) is 68.7 Å². The van der Waals surface area contributed by atoms with Crippen LogP contribution in [-0.2, 0) is 0 Å². The normalized spacial score (nSPS) is 14.8. The average Bonchev–Trinajstić information content (AvgIpc) is 1.75. The van der Waals surface area contributed by atoms with E-state index in [1.165, 1.54) is 6.42 Å². The number of rotatable bonds is 4. The van der Waals surface area contributed by atoms with Crippen molar-refractivity contribution in [2.45, 2.75) is 79.8 Å². The first kappa shape index (κ1) is 15.0. The van der Waals surface area contributed by atoms with Crippen LogP contribution < -0.4 is 5.32 Å². The molecular weight excluding hydrogens is 182 g/mol. The Labute approximate surface area is 97.0 Å². The molecule has 0 aliphatic rings. The fourth-order valence-electron chi connectivity index (χ4n) is 2.40. The summed E-state index contributed by atoms with van der Waals surface area (Å²) in [5.74, 6) is 0.721. The second-order valence-corrected chi connectivity index (χ2v) is 7.58. The summed E-state index contributed by atoms with van der Waals surface area (Å²) < 4.78 is 0. The Morgan fingerprint density at radius 3 is 1.53 bits per heavy atom. The van der Waals surface area contributed by atoms with Crippen molar-refractivity contribution in [1.29, 1.82) is 0 Å². The molecule has 0 saturated heterocycles. The zero-order valence-electron chi connectivity index (χ0n) is 12.3. The van der Waals surface area contributed by atoms with Crippen molar-refractivity contribution in [3.8, 4) is 0 Å². The van der Waals surface area contributed by atoms with Crippen molar-refractivity contribution in [2.24, 2.45) is 11.3 Å². The summed E-state index contributed by atoms with van der Waals surface area (Å²) in [6.07, 6.45) is 1.20. The maximum absolute atomic E-state index is 3.71. The number of nitrogens with one attached hydrogen (secondary N) is 1. The Morgan fingerprint density at radius 1 is 0.867 bits per heavy atom. The van der Waals surface area contributed by atoms with E-state index in [4.69, 9.17) is 0 Å². The van der Waals surface area contributed by atoms with Crippen LogP contribution in [0.15, 0.2) is 0 Å². The fourth-order valence-corrected chi connectivity index (χ4v) is 2.40. The predicted octanol–water partition coefficient (Wildman–Crippen LogP) is 4.23. The molecule has 1 heteroatoms. The molecule has 0 aliphatic heterocycles. The van der Waals surface area contributed by atoms with E-state index in [2.05, 4.69) is 67.6 Å². The second kappa shape index (κ2) is 4.45. The third-order valence-electron chi connectivity index (χ3n) is 3.17. The highest BCUT2D eigenvalue weighted by molar-refractivity contribution is 4.90. The maximum Gasteiger partial charge on any atom is 0.0135 e. The van der Waals surface area contributed by atoms with Gasteiger partial charge in [0, 0.05) is 11.1 Å². The summed E-state index contributed by atoms with van der Waals surface area (Å²) in [6.45, 7) is 20.7. The molecule has 0 atom stereocenters. The van der Waals surface area contributed by atoms with Gasteiger partial charge in [-0.15, -0.1) is 0 Å². The smallest absolute Gasteiger partial charge is 0.0135 e. The molecule has 0 aromatic rings. The molecule has 0 bridgehead atoms. The number of hydrogen-bond acceptors (Lipinski definition) is 1. The first-order valence-electron chi connectivity index (χ1n) is 6.15. The lowest BCUT2D eigenvalue weighted by Gasteiger charge is -2.42. The lowest BCUT2D eigenvalue weighted by molar-refractivity contribution is 0.142. The molecule has 0 aromatic carbocycles. The third kappa shape index (κ3) is 6.19. The van der Waals surface area contributed by atoms with E-state index in [0.717, 1.165) is 5.92 Å². The van der Waals surface area contributed by atoms with E-state index in [1.807, 2.05) is 0 Å². The Bertz CT molecular complexity index is 194. The summed E-state index contributed by atoms with van der Waals surface area (Å²) >= 11 is 0. The molecule has 15 heavy (non-hydrogen) atoms. The van der Waals surface area contributed by atoms with Crippen LogP contribution in [0.2, 0.25) is 0 Å². The van der Waals surface area contributed by atoms with Crippen LogP contribution in [-0.4, -0.2) is 11.1 Å². The van der Waals surface area contributed by atoms with E-state index in [-0.39, 0.29) is 11.1 Å². The molecule has 1 N–H and O–H groups in total. The summed E-state index contributed by atoms with van der Waals surface area (Å²) in [5.41, 5.74) is 0.782. The van der Waals surface area contributed by atoms with Crippen molar-refractivity contribution in [3.05, 3.63) is 0 Å². The van der Waals surface area contributed by atoms with Gasteiger partial charge < -0.3 is 5.32 Å². The first-order valence-corrected chi connectivity index (χ1v) is 6.15. The zero-order chi connectivity index (χ0) is 12.5. The van der Waals surface area contributed by atoms with Gasteiger partial charge in [-0.3, -0.25) is 0 Å². The van der Waals surface area contributed by atoms with Gasteiger partial charge in [-0.2, -0.15) is 0 Å². The molecule has 0 rings (SSSR count). The van der Waals surface area contributed by atoms with Crippen molar-refractivity contribution >= 4 is 0 Å². The summed E-state index contributed by atoms with van der Waals surface area (Å²) in [7, 11) is 0. The molecule has 0 spiro atoms. The van der Waals surface area contributed by atoms with E-state index >= 15 is 0 Å². The molecule has 0 aromatic heterocycles. The molecule has 0 heterocycles. The van der Waals surface area contributed by atoms with Crippen molar-refractivity contribution < 1.29 is 0 Å². The zero-order valence-corrected chi connectivity index (χ0v) is 12.3. The standard InChI is InChI=1S/C14H31N/c1-11(2)13(6,7)10-14(8,9)15-12(3,4)5/h11,15H,10H2,1-9H3. The van der Waals surface area contributed by atoms with Crippen molar-refractivity contribution in [2.75, 3.05) is 0 Å². The SMILES string of the molecule is CC(C)C(C)(C)CC(C)(C)NC(C)(C)C. The molecule has 0 saturated carbocycles. The molecule has 0 aliphatic carbocycles. The summed E-state index contributed by atoms with van der Waals surface area (Å²) in [5, 5.41) is 3.71. The Hall–Kier alpha value is -0.0400. The van der Waals surface area contributed by atoms with Gasteiger partial charge in [0.1, 0.15) is 0 Å². The highest BCUT2D eigenvalue weighted by Gasteiger charge is 2.33. The first-order chi connectivity index (χ1) is 6.36. The minimum atomic E-state index is 0.191. The van der Waals surface area contributed by atoms with Gasteiger partial charge >= 0.3 is 0 Å². The topological polar surface area (TPSA) is 12.0 Å². The van der Waals surface area contributed by atoms with Crippen LogP contribution >= 0.6 is 0 Å². The minimum Gasteiger partial charge on any atom is -0.307 e. The van der Waals surface area contributed by atoms with Gasteiger partial charge in [-0.1, -0.05) is 27.7 Å². The Kier molecular flexibility index (Phi) is 4.44. The Balaban J connectivity index is 4.51. The molecule has 1 nitrogen and oxygen atoms in total. The maximum atomic E-state index is 3.71. The summed E-state index contributed by atoms with van der Waals surface area (Å²) in [4.78, 5) is 0. The van der Waals surface area contributed by atoms with Gasteiger partial charge in [-0.25, -0.2) is 0 Å². The van der Waals surface area contributed by atoms with Gasteiger partial charge in [0.15, 0.2) is 0 Å². The average molecular weight is 213 g/mol. The van der Waals surface area contributed by atoms with Crippen LogP contribution in [0.3, 0.4) is 0 Å². The molecule has 92 valence electrons. The quantitative estimate of drug-likeness (QED) is 0.737. The van der Waals surface area contributed by atoms with Crippen molar-refractivity contribution in [1.82, 2.24) is 5.32 Å². The van der Waals surface area contributed by atoms with Gasteiger partial charge in [0.05, 0.1) is 0 Å². The molecule has 0 unspecified atom stereocenters. The van der Waals surface area contributed by atoms with Gasteiger partial charge in [-0.05, 0) is 52.4 Å². The highest BCUT2D eigenvalue weighted by atomic mass is 15.0. The largest absolute Gasteiger partial charge is 0.307 e. The molecular formula is C14H31N. The minimum absolute atomic E-state index is 0.191. The summed E-state index contributed by atoms with van der Waals surface area (Å²) in [6, 6.07) is 0. The van der Waals surface area contributed by atoms with E-state index in [1.54, 1.807) is 0 Å². The fraction of sp³-hybridized carbons (Fsp3) is 1.00. The van der Waals surface area contributed by atoms with Crippen LogP contribution in [0.25, 0.3) is 0 Å². The molecule has 0 fully saturated rings. The number of hydrogen-bond donors (Lipinski definition) is 1. The van der Waals surface area contributed by atoms with E-state index < -0.39 is 0 Å². The molecule has 0 radical (unpaired) electrons. The molecule has 0 amide bonds. The lowest BCUT2D eigenvalue weighted by Crippen LogP contribution is -2.52. The van der Waals surface area contributed by atoms with Crippen LogP contribution in [0.4, 0.5) is 0 Å². The third-order valence-corrected chi connectivity index (χ3v) is 3.17. The predicted molar refractivity (Wildman–Crippen MR) is 70.2 cm³/mol. The van der Waals surface area contributed by atoms with Gasteiger partial charge in [0.2, 0.25) is 0 Å². The van der Waals surface area contributed by atoms with E-state index in [9.17, 15) is 0 Å². The second-order valence-electron chi connectivity index (χ2n) is 7.58. The van der Waals surface area contributed by atoms with Crippen molar-refractivity contribution in [3.63, 3.8) is 0 Å². The van der Waals surface area contributed by atoms with Crippen LogP contribution in [0.5, 0.6) is 0 Å². The van der Waals surface area contributed by atoms with E-state index in [0.29, 0.717) is 5.41 Å². The highest BCUT2D eigenvalue weighted by Crippen LogP contribution is 2.35. The van der Waals surface area contributed by atoms with Gasteiger partial charge in [0.25, 0.3) is 0 Å². The van der Waals surface area contributed by atoms with Crippen LogP contribution in [0, 0.1) is 11.3 Å². The Morgan fingerprint density at radius 2 is 1.27 bits per heavy atom.